The quantitative estimate of drug-likeness (QED) is 0.740. The number of hydrogen-bond acceptors (Lipinski definition) is 3. The highest BCUT2D eigenvalue weighted by molar-refractivity contribution is 9.10. The van der Waals surface area contributed by atoms with Gasteiger partial charge in [-0.3, -0.25) is 0 Å². The molecule has 0 fully saturated rings. The van der Waals surface area contributed by atoms with Crippen molar-refractivity contribution in [1.29, 1.82) is 0 Å². The first-order valence-corrected chi connectivity index (χ1v) is 8.25. The Balaban J connectivity index is 2.41. The van der Waals surface area contributed by atoms with E-state index in [2.05, 4.69) is 20.7 Å². The zero-order valence-corrected chi connectivity index (χ0v) is 15.2. The SMILES string of the molecule is CCOc1cc(Br)cc([C@@](C)(O)c2ccc(OC(F)F)c(C)c2)c1. The van der Waals surface area contributed by atoms with Crippen LogP contribution in [0.1, 0.15) is 30.5 Å². The molecule has 1 N–H and O–H groups in total. The van der Waals surface area contributed by atoms with Gasteiger partial charge in [-0.15, -0.1) is 0 Å². The minimum atomic E-state index is -2.88. The molecule has 0 aliphatic heterocycles. The standard InChI is InChI=1S/C18H19BrF2O3/c1-4-23-15-9-13(8-14(19)10-15)18(3,22)12-5-6-16(11(2)7-12)24-17(20)21/h5-10,17,22H,4H2,1-3H3/t18-/m0/s1. The molecule has 24 heavy (non-hydrogen) atoms. The highest BCUT2D eigenvalue weighted by atomic mass is 79.9. The van der Waals surface area contributed by atoms with Crippen LogP contribution in [0.2, 0.25) is 0 Å². The van der Waals surface area contributed by atoms with Crippen molar-refractivity contribution in [1.82, 2.24) is 0 Å². The summed E-state index contributed by atoms with van der Waals surface area (Å²) in [6.07, 6.45) is 0. The fourth-order valence-corrected chi connectivity index (χ4v) is 2.91. The maximum absolute atomic E-state index is 12.4. The van der Waals surface area contributed by atoms with Crippen molar-refractivity contribution in [3.63, 3.8) is 0 Å². The summed E-state index contributed by atoms with van der Waals surface area (Å²) in [5.41, 5.74) is 0.404. The van der Waals surface area contributed by atoms with Crippen molar-refractivity contribution in [2.75, 3.05) is 6.61 Å². The van der Waals surface area contributed by atoms with Gasteiger partial charge in [-0.05, 0) is 67.8 Å². The van der Waals surface area contributed by atoms with Crippen LogP contribution in [0.15, 0.2) is 40.9 Å². The number of aryl methyl sites for hydroxylation is 1. The molecule has 2 rings (SSSR count). The van der Waals surface area contributed by atoms with Crippen LogP contribution in [0.4, 0.5) is 8.78 Å². The van der Waals surface area contributed by atoms with Gasteiger partial charge >= 0.3 is 6.61 Å². The van der Waals surface area contributed by atoms with Gasteiger partial charge in [0.05, 0.1) is 6.61 Å². The number of alkyl halides is 2. The smallest absolute Gasteiger partial charge is 0.387 e. The van der Waals surface area contributed by atoms with Gasteiger partial charge in [-0.25, -0.2) is 0 Å². The monoisotopic (exact) mass is 400 g/mol. The third-order valence-electron chi connectivity index (χ3n) is 3.70. The van der Waals surface area contributed by atoms with Crippen LogP contribution in [0.5, 0.6) is 11.5 Å². The molecule has 0 radical (unpaired) electrons. The Kier molecular flexibility index (Phi) is 5.83. The lowest BCUT2D eigenvalue weighted by Gasteiger charge is -2.26. The molecule has 1 atom stereocenters. The second-order valence-corrected chi connectivity index (χ2v) is 6.46. The minimum Gasteiger partial charge on any atom is -0.494 e. The molecular weight excluding hydrogens is 382 g/mol. The molecule has 2 aromatic carbocycles. The van der Waals surface area contributed by atoms with Crippen molar-refractivity contribution >= 4 is 15.9 Å². The number of aliphatic hydroxyl groups is 1. The summed E-state index contributed by atoms with van der Waals surface area (Å²) in [7, 11) is 0. The fourth-order valence-electron chi connectivity index (χ4n) is 2.44. The van der Waals surface area contributed by atoms with Crippen LogP contribution in [0, 0.1) is 6.92 Å². The molecule has 6 heteroatoms. The Morgan fingerprint density at radius 1 is 1.17 bits per heavy atom. The average Bonchev–Trinajstić information content (AvgIpc) is 2.48. The van der Waals surface area contributed by atoms with E-state index in [1.165, 1.54) is 6.07 Å². The topological polar surface area (TPSA) is 38.7 Å². The zero-order chi connectivity index (χ0) is 17.9. The third-order valence-corrected chi connectivity index (χ3v) is 4.16. The van der Waals surface area contributed by atoms with E-state index in [9.17, 15) is 13.9 Å². The lowest BCUT2D eigenvalue weighted by atomic mass is 9.87. The second-order valence-electron chi connectivity index (χ2n) is 5.54. The number of hydrogen-bond donors (Lipinski definition) is 1. The van der Waals surface area contributed by atoms with E-state index in [0.717, 1.165) is 4.47 Å². The molecule has 2 aromatic rings. The summed E-state index contributed by atoms with van der Waals surface area (Å²) in [6.45, 7) is 2.81. The first kappa shape index (κ1) is 18.7. The van der Waals surface area contributed by atoms with Crippen LogP contribution in [0.25, 0.3) is 0 Å². The lowest BCUT2D eigenvalue weighted by molar-refractivity contribution is -0.0503. The summed E-state index contributed by atoms with van der Waals surface area (Å²) in [4.78, 5) is 0. The van der Waals surface area contributed by atoms with Crippen molar-refractivity contribution in [2.45, 2.75) is 33.0 Å². The molecule has 0 aliphatic carbocycles. The van der Waals surface area contributed by atoms with E-state index in [-0.39, 0.29) is 5.75 Å². The molecule has 0 bridgehead atoms. The number of halogens is 3. The maximum atomic E-state index is 12.4. The largest absolute Gasteiger partial charge is 0.494 e. The molecule has 0 saturated carbocycles. The van der Waals surface area contributed by atoms with E-state index in [4.69, 9.17) is 4.74 Å². The van der Waals surface area contributed by atoms with Gasteiger partial charge in [-0.1, -0.05) is 22.0 Å². The molecule has 0 aliphatic rings. The van der Waals surface area contributed by atoms with Gasteiger partial charge in [0.15, 0.2) is 0 Å². The molecule has 0 spiro atoms. The van der Waals surface area contributed by atoms with Gasteiger partial charge in [0.2, 0.25) is 0 Å². The van der Waals surface area contributed by atoms with Crippen molar-refractivity contribution in [2.24, 2.45) is 0 Å². The summed E-state index contributed by atoms with van der Waals surface area (Å²) in [5, 5.41) is 11.0. The van der Waals surface area contributed by atoms with Crippen molar-refractivity contribution < 1.29 is 23.4 Å². The first-order valence-electron chi connectivity index (χ1n) is 7.46. The number of ether oxygens (including phenoxy) is 2. The Morgan fingerprint density at radius 3 is 2.46 bits per heavy atom. The second kappa shape index (κ2) is 7.49. The maximum Gasteiger partial charge on any atom is 0.387 e. The van der Waals surface area contributed by atoms with E-state index in [1.54, 1.807) is 38.1 Å². The molecule has 0 aromatic heterocycles. The zero-order valence-electron chi connectivity index (χ0n) is 13.6. The van der Waals surface area contributed by atoms with Gasteiger partial charge in [0.1, 0.15) is 17.1 Å². The van der Waals surface area contributed by atoms with Gasteiger partial charge in [0, 0.05) is 4.47 Å². The molecule has 3 nitrogen and oxygen atoms in total. The Bertz CT molecular complexity index is 717. The lowest BCUT2D eigenvalue weighted by Crippen LogP contribution is -2.23. The molecular formula is C18H19BrF2O3. The minimum absolute atomic E-state index is 0.0915. The van der Waals surface area contributed by atoms with Crippen molar-refractivity contribution in [3.8, 4) is 11.5 Å². The summed E-state index contributed by atoms with van der Waals surface area (Å²) < 4.78 is 35.5. The van der Waals surface area contributed by atoms with Crippen LogP contribution in [0.3, 0.4) is 0 Å². The number of rotatable bonds is 6. The molecule has 0 amide bonds. The van der Waals surface area contributed by atoms with E-state index in [0.29, 0.717) is 29.0 Å². The van der Waals surface area contributed by atoms with E-state index >= 15 is 0 Å². The Morgan fingerprint density at radius 2 is 1.88 bits per heavy atom. The highest BCUT2D eigenvalue weighted by Crippen LogP contribution is 2.35. The number of benzene rings is 2. The van der Waals surface area contributed by atoms with Gasteiger partial charge < -0.3 is 14.6 Å². The van der Waals surface area contributed by atoms with E-state index in [1.807, 2.05) is 13.0 Å². The van der Waals surface area contributed by atoms with Crippen LogP contribution in [-0.2, 0) is 5.60 Å². The Labute approximate surface area is 148 Å². The Hall–Kier alpha value is -1.66. The van der Waals surface area contributed by atoms with Gasteiger partial charge in [0.25, 0.3) is 0 Å². The summed E-state index contributed by atoms with van der Waals surface area (Å²) in [5.74, 6) is 0.727. The third kappa shape index (κ3) is 4.24. The first-order chi connectivity index (χ1) is 11.2. The summed E-state index contributed by atoms with van der Waals surface area (Å²) >= 11 is 3.41. The fraction of sp³-hybridized carbons (Fsp3) is 0.333. The predicted molar refractivity (Wildman–Crippen MR) is 91.8 cm³/mol. The summed E-state index contributed by atoms with van der Waals surface area (Å²) in [6, 6.07) is 10.0. The normalized spacial score (nSPS) is 13.7. The van der Waals surface area contributed by atoms with Crippen LogP contribution < -0.4 is 9.47 Å². The van der Waals surface area contributed by atoms with Crippen LogP contribution >= 0.6 is 15.9 Å². The van der Waals surface area contributed by atoms with Crippen molar-refractivity contribution in [3.05, 3.63) is 57.6 Å². The molecule has 0 heterocycles. The molecule has 0 saturated heterocycles. The van der Waals surface area contributed by atoms with Crippen LogP contribution in [-0.4, -0.2) is 18.3 Å². The molecule has 0 unspecified atom stereocenters. The van der Waals surface area contributed by atoms with E-state index < -0.39 is 12.2 Å². The van der Waals surface area contributed by atoms with Gasteiger partial charge in [-0.2, -0.15) is 8.78 Å². The predicted octanol–water partition coefficient (Wildman–Crippen LogP) is 5.01. The average molecular weight is 401 g/mol. The molecule has 130 valence electrons. The highest BCUT2D eigenvalue weighted by Gasteiger charge is 2.27.